The molecule has 0 aliphatic carbocycles. The van der Waals surface area contributed by atoms with Gasteiger partial charge in [0.25, 0.3) is 0 Å². The van der Waals surface area contributed by atoms with Gasteiger partial charge in [-0.2, -0.15) is 8.78 Å². The van der Waals surface area contributed by atoms with Crippen molar-refractivity contribution in [3.8, 4) is 11.5 Å². The lowest BCUT2D eigenvalue weighted by Gasteiger charge is -2.07. The highest BCUT2D eigenvalue weighted by molar-refractivity contribution is 5.39. The van der Waals surface area contributed by atoms with Gasteiger partial charge in [0.15, 0.2) is 0 Å². The Morgan fingerprint density at radius 3 is 2.46 bits per heavy atom. The molecular weight excluding hydrogens is 178 g/mol. The van der Waals surface area contributed by atoms with E-state index in [1.165, 1.54) is 19.2 Å². The van der Waals surface area contributed by atoms with E-state index in [2.05, 4.69) is 4.74 Å². The second kappa shape index (κ2) is 4.07. The number of benzene rings is 1. The molecule has 0 heterocycles. The average molecular weight is 188 g/mol. The first-order chi connectivity index (χ1) is 6.13. The molecule has 0 fully saturated rings. The molecule has 0 aromatic heterocycles. The van der Waals surface area contributed by atoms with E-state index in [0.29, 0.717) is 5.75 Å². The highest BCUT2D eigenvalue weighted by Gasteiger charge is 2.05. The minimum Gasteiger partial charge on any atom is -0.496 e. The van der Waals surface area contributed by atoms with Gasteiger partial charge in [0.1, 0.15) is 11.5 Å². The van der Waals surface area contributed by atoms with Crippen LogP contribution < -0.4 is 9.47 Å². The standard InChI is InChI=1S/C9H10F2O2/c1-6-5-7(13-9(10)11)3-4-8(6)12-2/h3-5,9H,1-2H3. The van der Waals surface area contributed by atoms with Crippen molar-refractivity contribution in [2.75, 3.05) is 7.11 Å². The van der Waals surface area contributed by atoms with Gasteiger partial charge in [-0.15, -0.1) is 0 Å². The van der Waals surface area contributed by atoms with Crippen LogP contribution in [0.15, 0.2) is 18.2 Å². The molecule has 4 heteroatoms. The molecule has 1 rings (SSSR count). The summed E-state index contributed by atoms with van der Waals surface area (Å²) in [6.45, 7) is -1.02. The molecule has 1 aromatic carbocycles. The molecule has 0 amide bonds. The van der Waals surface area contributed by atoms with E-state index in [1.807, 2.05) is 0 Å². The summed E-state index contributed by atoms with van der Waals surface area (Å²) in [7, 11) is 1.52. The lowest BCUT2D eigenvalue weighted by molar-refractivity contribution is -0.0498. The molecule has 0 spiro atoms. The van der Waals surface area contributed by atoms with E-state index >= 15 is 0 Å². The van der Waals surface area contributed by atoms with Crippen molar-refractivity contribution in [1.29, 1.82) is 0 Å². The van der Waals surface area contributed by atoms with Crippen molar-refractivity contribution in [1.82, 2.24) is 0 Å². The highest BCUT2D eigenvalue weighted by Crippen LogP contribution is 2.23. The van der Waals surface area contributed by atoms with Crippen LogP contribution in [0.3, 0.4) is 0 Å². The van der Waals surface area contributed by atoms with Crippen LogP contribution in [0.2, 0.25) is 0 Å². The Bertz CT molecular complexity index is 287. The number of rotatable bonds is 3. The van der Waals surface area contributed by atoms with Gasteiger partial charge in [-0.25, -0.2) is 0 Å². The van der Waals surface area contributed by atoms with Crippen molar-refractivity contribution in [2.24, 2.45) is 0 Å². The van der Waals surface area contributed by atoms with Crippen LogP contribution >= 0.6 is 0 Å². The molecule has 0 radical (unpaired) electrons. The number of aryl methyl sites for hydroxylation is 1. The number of alkyl halides is 2. The van der Waals surface area contributed by atoms with Gasteiger partial charge in [0.2, 0.25) is 0 Å². The third kappa shape index (κ3) is 2.57. The maximum Gasteiger partial charge on any atom is 0.387 e. The minimum atomic E-state index is -2.78. The van der Waals surface area contributed by atoms with Crippen LogP contribution in [-0.4, -0.2) is 13.7 Å². The lowest BCUT2D eigenvalue weighted by atomic mass is 10.2. The van der Waals surface area contributed by atoms with Crippen molar-refractivity contribution in [2.45, 2.75) is 13.5 Å². The molecule has 0 aliphatic heterocycles. The van der Waals surface area contributed by atoms with Gasteiger partial charge >= 0.3 is 6.61 Å². The van der Waals surface area contributed by atoms with Crippen LogP contribution in [0.25, 0.3) is 0 Å². The molecule has 0 bridgehead atoms. The van der Waals surface area contributed by atoms with Crippen LogP contribution in [0, 0.1) is 6.92 Å². The Labute approximate surface area is 75.1 Å². The summed E-state index contributed by atoms with van der Waals surface area (Å²) in [5.41, 5.74) is 0.764. The summed E-state index contributed by atoms with van der Waals surface area (Å²) in [5.74, 6) is 0.801. The first kappa shape index (κ1) is 9.77. The summed E-state index contributed by atoms with van der Waals surface area (Å²) in [4.78, 5) is 0. The number of hydrogen-bond donors (Lipinski definition) is 0. The normalized spacial score (nSPS) is 10.2. The predicted octanol–water partition coefficient (Wildman–Crippen LogP) is 2.61. The maximum atomic E-state index is 11.8. The van der Waals surface area contributed by atoms with E-state index in [4.69, 9.17) is 4.74 Å². The van der Waals surface area contributed by atoms with Crippen LogP contribution in [-0.2, 0) is 0 Å². The number of hydrogen-bond acceptors (Lipinski definition) is 2. The Hall–Kier alpha value is -1.32. The minimum absolute atomic E-state index is 0.147. The Morgan fingerprint density at radius 2 is 2.00 bits per heavy atom. The average Bonchev–Trinajstić information content (AvgIpc) is 2.03. The molecule has 72 valence electrons. The Morgan fingerprint density at radius 1 is 1.31 bits per heavy atom. The van der Waals surface area contributed by atoms with Crippen molar-refractivity contribution in [3.63, 3.8) is 0 Å². The van der Waals surface area contributed by atoms with E-state index in [9.17, 15) is 8.78 Å². The van der Waals surface area contributed by atoms with E-state index < -0.39 is 6.61 Å². The molecule has 2 nitrogen and oxygen atoms in total. The molecule has 13 heavy (non-hydrogen) atoms. The van der Waals surface area contributed by atoms with Crippen LogP contribution in [0.5, 0.6) is 11.5 Å². The van der Waals surface area contributed by atoms with Crippen molar-refractivity contribution >= 4 is 0 Å². The van der Waals surface area contributed by atoms with Crippen LogP contribution in [0.4, 0.5) is 8.78 Å². The lowest BCUT2D eigenvalue weighted by Crippen LogP contribution is -2.02. The third-order valence-electron chi connectivity index (χ3n) is 1.59. The van der Waals surface area contributed by atoms with Gasteiger partial charge in [0.05, 0.1) is 7.11 Å². The van der Waals surface area contributed by atoms with E-state index in [0.717, 1.165) is 5.56 Å². The smallest absolute Gasteiger partial charge is 0.387 e. The molecule has 0 N–H and O–H groups in total. The molecule has 0 saturated heterocycles. The van der Waals surface area contributed by atoms with Crippen molar-refractivity contribution in [3.05, 3.63) is 23.8 Å². The van der Waals surface area contributed by atoms with Gasteiger partial charge in [-0.1, -0.05) is 0 Å². The third-order valence-corrected chi connectivity index (χ3v) is 1.59. The van der Waals surface area contributed by atoms with E-state index in [1.54, 1.807) is 13.0 Å². The van der Waals surface area contributed by atoms with Gasteiger partial charge in [-0.3, -0.25) is 0 Å². The summed E-state index contributed by atoms with van der Waals surface area (Å²) < 4.78 is 32.7. The quantitative estimate of drug-likeness (QED) is 0.725. The molecular formula is C9H10F2O2. The summed E-state index contributed by atoms with van der Waals surface area (Å²) in [6, 6.07) is 4.54. The van der Waals surface area contributed by atoms with Crippen LogP contribution in [0.1, 0.15) is 5.56 Å². The monoisotopic (exact) mass is 188 g/mol. The molecule has 0 aliphatic rings. The fourth-order valence-electron chi connectivity index (χ4n) is 1.03. The molecule has 0 saturated carbocycles. The number of ether oxygens (including phenoxy) is 2. The predicted molar refractivity (Wildman–Crippen MR) is 44.4 cm³/mol. The molecule has 1 aromatic rings. The SMILES string of the molecule is COc1ccc(OC(F)F)cc1C. The maximum absolute atomic E-state index is 11.8. The van der Waals surface area contributed by atoms with E-state index in [-0.39, 0.29) is 5.75 Å². The van der Waals surface area contributed by atoms with Crippen molar-refractivity contribution < 1.29 is 18.3 Å². The van der Waals surface area contributed by atoms with Gasteiger partial charge in [0, 0.05) is 0 Å². The molecule has 0 atom stereocenters. The highest BCUT2D eigenvalue weighted by atomic mass is 19.3. The fourth-order valence-corrected chi connectivity index (χ4v) is 1.03. The summed E-state index contributed by atoms with van der Waals surface area (Å²) >= 11 is 0. The number of methoxy groups -OCH3 is 1. The second-order valence-electron chi connectivity index (χ2n) is 2.51. The zero-order chi connectivity index (χ0) is 9.84. The largest absolute Gasteiger partial charge is 0.496 e. The topological polar surface area (TPSA) is 18.5 Å². The zero-order valence-corrected chi connectivity index (χ0v) is 7.38. The fraction of sp³-hybridized carbons (Fsp3) is 0.333. The Balaban J connectivity index is 2.83. The first-order valence-electron chi connectivity index (χ1n) is 3.73. The second-order valence-corrected chi connectivity index (χ2v) is 2.51. The first-order valence-corrected chi connectivity index (χ1v) is 3.73. The summed E-state index contributed by atoms with van der Waals surface area (Å²) in [5, 5.41) is 0. The van der Waals surface area contributed by atoms with Gasteiger partial charge in [-0.05, 0) is 30.7 Å². The Kier molecular flexibility index (Phi) is 3.06. The molecule has 0 unspecified atom stereocenters. The van der Waals surface area contributed by atoms with Gasteiger partial charge < -0.3 is 9.47 Å². The summed E-state index contributed by atoms with van der Waals surface area (Å²) in [6.07, 6.45) is 0. The number of halogens is 2. The zero-order valence-electron chi connectivity index (χ0n) is 7.38.